The van der Waals surface area contributed by atoms with E-state index in [-0.39, 0.29) is 10.6 Å². The predicted octanol–water partition coefficient (Wildman–Crippen LogP) is 2.03. The molecule has 0 saturated carbocycles. The third kappa shape index (κ3) is 2.23. The van der Waals surface area contributed by atoms with Gasteiger partial charge in [-0.25, -0.2) is 9.67 Å². The van der Waals surface area contributed by atoms with E-state index in [0.717, 1.165) is 12.2 Å². The SMILES string of the molecule is CCCc1nn(C)c(-n2ccnc2CC)c1[N+](=O)[O-]. The molecule has 7 nitrogen and oxygen atoms in total. The molecule has 2 rings (SSSR count). The number of rotatable bonds is 5. The molecule has 0 fully saturated rings. The van der Waals surface area contributed by atoms with E-state index >= 15 is 0 Å². The molecular weight excluding hydrogens is 246 g/mol. The highest BCUT2D eigenvalue weighted by Crippen LogP contribution is 2.28. The Kier molecular flexibility index (Phi) is 3.64. The normalized spacial score (nSPS) is 10.9. The first-order valence-electron chi connectivity index (χ1n) is 6.33. The van der Waals surface area contributed by atoms with Crippen LogP contribution in [0.4, 0.5) is 5.69 Å². The summed E-state index contributed by atoms with van der Waals surface area (Å²) in [6.07, 6.45) is 5.51. The van der Waals surface area contributed by atoms with Crippen molar-refractivity contribution in [2.75, 3.05) is 0 Å². The average Bonchev–Trinajstić information content (AvgIpc) is 2.93. The molecule has 0 N–H and O–H groups in total. The minimum absolute atomic E-state index is 0.0806. The average molecular weight is 263 g/mol. The van der Waals surface area contributed by atoms with Crippen LogP contribution in [-0.4, -0.2) is 24.3 Å². The zero-order chi connectivity index (χ0) is 14.0. The number of aryl methyl sites for hydroxylation is 3. The Morgan fingerprint density at radius 3 is 2.74 bits per heavy atom. The largest absolute Gasteiger partial charge is 0.334 e. The molecule has 102 valence electrons. The zero-order valence-corrected chi connectivity index (χ0v) is 11.3. The summed E-state index contributed by atoms with van der Waals surface area (Å²) < 4.78 is 3.30. The second kappa shape index (κ2) is 5.21. The molecular formula is C12H17N5O2. The predicted molar refractivity (Wildman–Crippen MR) is 70.4 cm³/mol. The van der Waals surface area contributed by atoms with Gasteiger partial charge in [0, 0.05) is 25.9 Å². The highest BCUT2D eigenvalue weighted by atomic mass is 16.6. The molecule has 0 amide bonds. The highest BCUT2D eigenvalue weighted by Gasteiger charge is 2.28. The number of nitro groups is 1. The monoisotopic (exact) mass is 263 g/mol. The first kappa shape index (κ1) is 13.3. The Balaban J connectivity index is 2.65. The van der Waals surface area contributed by atoms with Gasteiger partial charge in [-0.15, -0.1) is 0 Å². The lowest BCUT2D eigenvalue weighted by Crippen LogP contribution is -2.07. The summed E-state index contributed by atoms with van der Waals surface area (Å²) in [6, 6.07) is 0. The molecule has 0 atom stereocenters. The van der Waals surface area contributed by atoms with Gasteiger partial charge in [-0.05, 0) is 6.42 Å². The molecule has 0 aliphatic carbocycles. The minimum Gasteiger partial charge on any atom is -0.282 e. The molecule has 0 aliphatic heterocycles. The Morgan fingerprint density at radius 1 is 1.42 bits per heavy atom. The Bertz CT molecular complexity index is 599. The lowest BCUT2D eigenvalue weighted by atomic mass is 10.2. The van der Waals surface area contributed by atoms with Gasteiger partial charge in [0.25, 0.3) is 0 Å². The quantitative estimate of drug-likeness (QED) is 0.610. The zero-order valence-electron chi connectivity index (χ0n) is 11.3. The molecule has 0 bridgehead atoms. The first-order valence-corrected chi connectivity index (χ1v) is 6.33. The molecule has 0 saturated heterocycles. The fraction of sp³-hybridized carbons (Fsp3) is 0.500. The van der Waals surface area contributed by atoms with Crippen molar-refractivity contribution in [3.8, 4) is 5.82 Å². The first-order chi connectivity index (χ1) is 9.10. The van der Waals surface area contributed by atoms with Crippen LogP contribution in [0.1, 0.15) is 31.8 Å². The van der Waals surface area contributed by atoms with Gasteiger partial charge in [0.05, 0.1) is 4.92 Å². The Hall–Kier alpha value is -2.18. The second-order valence-electron chi connectivity index (χ2n) is 4.32. The van der Waals surface area contributed by atoms with Crippen LogP contribution < -0.4 is 0 Å². The van der Waals surface area contributed by atoms with Gasteiger partial charge in [0.15, 0.2) is 0 Å². The summed E-state index contributed by atoms with van der Waals surface area (Å²) in [4.78, 5) is 15.2. The van der Waals surface area contributed by atoms with Crippen molar-refractivity contribution < 1.29 is 4.92 Å². The van der Waals surface area contributed by atoms with Crippen LogP contribution in [0.2, 0.25) is 0 Å². The van der Waals surface area contributed by atoms with E-state index in [1.807, 2.05) is 13.8 Å². The van der Waals surface area contributed by atoms with Gasteiger partial charge >= 0.3 is 5.69 Å². The molecule has 2 aromatic heterocycles. The third-order valence-corrected chi connectivity index (χ3v) is 2.99. The van der Waals surface area contributed by atoms with E-state index < -0.39 is 0 Å². The summed E-state index contributed by atoms with van der Waals surface area (Å²) in [5.41, 5.74) is 0.609. The van der Waals surface area contributed by atoms with Gasteiger partial charge in [-0.1, -0.05) is 20.3 Å². The Morgan fingerprint density at radius 2 is 2.16 bits per heavy atom. The van der Waals surface area contributed by atoms with E-state index in [0.29, 0.717) is 24.4 Å². The van der Waals surface area contributed by atoms with Crippen LogP contribution in [0.25, 0.3) is 5.82 Å². The molecule has 19 heavy (non-hydrogen) atoms. The Labute approximate surface area is 111 Å². The summed E-state index contributed by atoms with van der Waals surface area (Å²) in [6.45, 7) is 3.95. The molecule has 2 aromatic rings. The van der Waals surface area contributed by atoms with Gasteiger partial charge in [0.1, 0.15) is 11.5 Å². The van der Waals surface area contributed by atoms with Crippen LogP contribution >= 0.6 is 0 Å². The number of hydrogen-bond donors (Lipinski definition) is 0. The van der Waals surface area contributed by atoms with Crippen molar-refractivity contribution in [3.63, 3.8) is 0 Å². The maximum Gasteiger partial charge on any atom is 0.334 e. The standard InChI is InChI=1S/C12H17N5O2/c1-4-6-9-11(17(18)19)12(15(3)14-9)16-8-7-13-10(16)5-2/h7-8H,4-6H2,1-3H3. The van der Waals surface area contributed by atoms with Crippen molar-refractivity contribution in [1.82, 2.24) is 19.3 Å². The van der Waals surface area contributed by atoms with Gasteiger partial charge in [-0.2, -0.15) is 5.10 Å². The lowest BCUT2D eigenvalue weighted by molar-refractivity contribution is -0.385. The van der Waals surface area contributed by atoms with Crippen LogP contribution in [0.3, 0.4) is 0 Å². The summed E-state index contributed by atoms with van der Waals surface area (Å²) in [5, 5.41) is 15.6. The fourth-order valence-electron chi connectivity index (χ4n) is 2.21. The molecule has 0 unspecified atom stereocenters. The number of nitrogens with zero attached hydrogens (tertiary/aromatic N) is 5. The van der Waals surface area contributed by atoms with Gasteiger partial charge in [0.2, 0.25) is 5.82 Å². The fourth-order valence-corrected chi connectivity index (χ4v) is 2.21. The maximum atomic E-state index is 11.3. The third-order valence-electron chi connectivity index (χ3n) is 2.99. The van der Waals surface area contributed by atoms with Crippen LogP contribution in [0, 0.1) is 10.1 Å². The molecule has 0 aliphatic rings. The van der Waals surface area contributed by atoms with Crippen LogP contribution in [-0.2, 0) is 19.9 Å². The number of aromatic nitrogens is 4. The van der Waals surface area contributed by atoms with Crippen LogP contribution in [0.15, 0.2) is 12.4 Å². The summed E-state index contributed by atoms with van der Waals surface area (Å²) >= 11 is 0. The molecule has 0 aromatic carbocycles. The van der Waals surface area contributed by atoms with E-state index in [4.69, 9.17) is 0 Å². The maximum absolute atomic E-state index is 11.3. The van der Waals surface area contributed by atoms with E-state index in [1.54, 1.807) is 28.7 Å². The van der Waals surface area contributed by atoms with Gasteiger partial charge < -0.3 is 0 Å². The molecule has 7 heteroatoms. The summed E-state index contributed by atoms with van der Waals surface area (Å²) in [5.74, 6) is 1.26. The van der Waals surface area contributed by atoms with E-state index in [9.17, 15) is 10.1 Å². The molecule has 0 spiro atoms. The van der Waals surface area contributed by atoms with E-state index in [1.165, 1.54) is 0 Å². The van der Waals surface area contributed by atoms with Crippen molar-refractivity contribution >= 4 is 5.69 Å². The van der Waals surface area contributed by atoms with Crippen LogP contribution in [0.5, 0.6) is 0 Å². The van der Waals surface area contributed by atoms with Crippen molar-refractivity contribution in [1.29, 1.82) is 0 Å². The number of hydrogen-bond acceptors (Lipinski definition) is 4. The van der Waals surface area contributed by atoms with Crippen molar-refractivity contribution in [2.45, 2.75) is 33.1 Å². The second-order valence-corrected chi connectivity index (χ2v) is 4.32. The molecule has 2 heterocycles. The minimum atomic E-state index is -0.354. The van der Waals surface area contributed by atoms with Crippen molar-refractivity contribution in [3.05, 3.63) is 34.0 Å². The van der Waals surface area contributed by atoms with E-state index in [2.05, 4.69) is 10.1 Å². The smallest absolute Gasteiger partial charge is 0.282 e. The summed E-state index contributed by atoms with van der Waals surface area (Å²) in [7, 11) is 1.72. The van der Waals surface area contributed by atoms with Gasteiger partial charge in [-0.3, -0.25) is 14.7 Å². The number of imidazole rings is 1. The highest BCUT2D eigenvalue weighted by molar-refractivity contribution is 5.52. The topological polar surface area (TPSA) is 78.8 Å². The lowest BCUT2D eigenvalue weighted by Gasteiger charge is -2.05. The molecule has 0 radical (unpaired) electrons. The van der Waals surface area contributed by atoms with Crippen molar-refractivity contribution in [2.24, 2.45) is 7.05 Å².